The van der Waals surface area contributed by atoms with Crippen LogP contribution in [0.25, 0.3) is 0 Å². The fourth-order valence-electron chi connectivity index (χ4n) is 2.95. The molecular formula is C16H24N2O3. The van der Waals surface area contributed by atoms with Crippen molar-refractivity contribution in [2.45, 2.75) is 32.6 Å². The summed E-state index contributed by atoms with van der Waals surface area (Å²) in [6.45, 7) is 2.33. The minimum absolute atomic E-state index is 0.0119. The summed E-state index contributed by atoms with van der Waals surface area (Å²) in [4.78, 5) is 12.6. The van der Waals surface area contributed by atoms with Gasteiger partial charge in [-0.1, -0.05) is 12.8 Å². The molecule has 2 rings (SSSR count). The molecule has 1 saturated carbocycles. The number of nitrogens with one attached hydrogen (secondary N) is 1. The van der Waals surface area contributed by atoms with Crippen LogP contribution in [0.1, 0.15) is 31.2 Å². The largest absolute Gasteiger partial charge is 0.493 e. The molecule has 5 heteroatoms. The van der Waals surface area contributed by atoms with E-state index in [1.807, 2.05) is 13.0 Å². The molecule has 0 atom stereocenters. The maximum Gasteiger partial charge on any atom is 0.231 e. The number of benzene rings is 1. The van der Waals surface area contributed by atoms with Crippen LogP contribution in [-0.2, 0) is 4.79 Å². The first-order chi connectivity index (χ1) is 10.1. The zero-order valence-corrected chi connectivity index (χ0v) is 13.0. The van der Waals surface area contributed by atoms with Crippen LogP contribution in [0, 0.1) is 12.3 Å². The minimum atomic E-state index is -0.417. The molecule has 0 heterocycles. The Morgan fingerprint density at radius 2 is 1.81 bits per heavy atom. The third kappa shape index (κ3) is 2.97. The smallest absolute Gasteiger partial charge is 0.231 e. The molecule has 0 aliphatic heterocycles. The summed E-state index contributed by atoms with van der Waals surface area (Å²) in [5, 5.41) is 3.02. The van der Waals surface area contributed by atoms with Gasteiger partial charge in [0.25, 0.3) is 0 Å². The van der Waals surface area contributed by atoms with Crippen LogP contribution < -0.4 is 20.5 Å². The van der Waals surface area contributed by atoms with E-state index in [0.717, 1.165) is 36.9 Å². The zero-order chi connectivity index (χ0) is 15.5. The Balaban J connectivity index is 2.24. The lowest BCUT2D eigenvalue weighted by atomic mass is 9.85. The maximum atomic E-state index is 12.6. The van der Waals surface area contributed by atoms with E-state index in [0.29, 0.717) is 18.0 Å². The number of aryl methyl sites for hydroxylation is 1. The molecule has 5 nitrogen and oxygen atoms in total. The Labute approximate surface area is 125 Å². The first kappa shape index (κ1) is 15.6. The second-order valence-electron chi connectivity index (χ2n) is 5.67. The third-order valence-electron chi connectivity index (χ3n) is 4.41. The summed E-state index contributed by atoms with van der Waals surface area (Å²) >= 11 is 0. The third-order valence-corrected chi connectivity index (χ3v) is 4.41. The number of amides is 1. The highest BCUT2D eigenvalue weighted by Gasteiger charge is 2.39. The van der Waals surface area contributed by atoms with Gasteiger partial charge in [0.1, 0.15) is 0 Å². The van der Waals surface area contributed by atoms with Gasteiger partial charge < -0.3 is 20.5 Å². The van der Waals surface area contributed by atoms with Gasteiger partial charge in [-0.15, -0.1) is 0 Å². The van der Waals surface area contributed by atoms with Crippen LogP contribution in [0.3, 0.4) is 0 Å². The zero-order valence-electron chi connectivity index (χ0n) is 13.0. The number of anilines is 1. The predicted molar refractivity (Wildman–Crippen MR) is 82.9 cm³/mol. The number of carbonyl (C=O) groups excluding carboxylic acids is 1. The summed E-state index contributed by atoms with van der Waals surface area (Å²) in [7, 11) is 3.18. The second kappa shape index (κ2) is 6.35. The number of carbonyl (C=O) groups is 1. The molecule has 1 aromatic carbocycles. The van der Waals surface area contributed by atoms with Gasteiger partial charge in [-0.2, -0.15) is 0 Å². The van der Waals surface area contributed by atoms with Gasteiger partial charge in [-0.05, 0) is 31.4 Å². The molecule has 0 unspecified atom stereocenters. The van der Waals surface area contributed by atoms with Gasteiger partial charge in [-0.25, -0.2) is 0 Å². The molecule has 1 fully saturated rings. The van der Waals surface area contributed by atoms with E-state index in [-0.39, 0.29) is 5.91 Å². The summed E-state index contributed by atoms with van der Waals surface area (Å²) in [6.07, 6.45) is 3.86. The monoisotopic (exact) mass is 292 g/mol. The van der Waals surface area contributed by atoms with Crippen LogP contribution >= 0.6 is 0 Å². The Hall–Kier alpha value is -1.75. The number of rotatable bonds is 5. The van der Waals surface area contributed by atoms with E-state index in [9.17, 15) is 4.79 Å². The Morgan fingerprint density at radius 3 is 2.33 bits per heavy atom. The predicted octanol–water partition coefficient (Wildman–Crippen LogP) is 2.47. The van der Waals surface area contributed by atoms with E-state index in [1.165, 1.54) is 0 Å². The lowest BCUT2D eigenvalue weighted by molar-refractivity contribution is -0.124. The summed E-state index contributed by atoms with van der Waals surface area (Å²) < 4.78 is 10.5. The minimum Gasteiger partial charge on any atom is -0.493 e. The van der Waals surface area contributed by atoms with E-state index in [2.05, 4.69) is 5.32 Å². The van der Waals surface area contributed by atoms with Crippen molar-refractivity contribution >= 4 is 11.6 Å². The second-order valence-corrected chi connectivity index (χ2v) is 5.67. The molecule has 0 saturated heterocycles. The lowest BCUT2D eigenvalue weighted by Gasteiger charge is -2.26. The summed E-state index contributed by atoms with van der Waals surface area (Å²) in [5.74, 6) is 1.27. The summed E-state index contributed by atoms with van der Waals surface area (Å²) in [5.41, 5.74) is 7.12. The number of hydrogen-bond acceptors (Lipinski definition) is 4. The van der Waals surface area contributed by atoms with Crippen LogP contribution in [0.2, 0.25) is 0 Å². The van der Waals surface area contributed by atoms with Crippen molar-refractivity contribution in [3.63, 3.8) is 0 Å². The van der Waals surface area contributed by atoms with Gasteiger partial charge in [0, 0.05) is 18.3 Å². The first-order valence-corrected chi connectivity index (χ1v) is 7.30. The highest BCUT2D eigenvalue weighted by atomic mass is 16.5. The van der Waals surface area contributed by atoms with Crippen LogP contribution in [0.4, 0.5) is 5.69 Å². The van der Waals surface area contributed by atoms with Crippen molar-refractivity contribution in [2.24, 2.45) is 11.1 Å². The molecule has 0 spiro atoms. The van der Waals surface area contributed by atoms with Gasteiger partial charge in [0.15, 0.2) is 11.5 Å². The van der Waals surface area contributed by atoms with Gasteiger partial charge in [0.2, 0.25) is 5.91 Å². The van der Waals surface area contributed by atoms with Crippen molar-refractivity contribution in [2.75, 3.05) is 26.1 Å². The van der Waals surface area contributed by atoms with Gasteiger partial charge >= 0.3 is 0 Å². The fraction of sp³-hybridized carbons (Fsp3) is 0.562. The lowest BCUT2D eigenvalue weighted by Crippen LogP contribution is -2.40. The summed E-state index contributed by atoms with van der Waals surface area (Å²) in [6, 6.07) is 3.66. The maximum absolute atomic E-state index is 12.6. The average Bonchev–Trinajstić information content (AvgIpc) is 2.99. The van der Waals surface area contributed by atoms with Crippen molar-refractivity contribution in [1.29, 1.82) is 0 Å². The van der Waals surface area contributed by atoms with Crippen LogP contribution in [-0.4, -0.2) is 26.7 Å². The number of methoxy groups -OCH3 is 2. The quantitative estimate of drug-likeness (QED) is 0.874. The van der Waals surface area contributed by atoms with Crippen molar-refractivity contribution in [3.05, 3.63) is 17.7 Å². The number of nitrogens with two attached hydrogens (primary N) is 1. The molecule has 21 heavy (non-hydrogen) atoms. The number of ether oxygens (including phenoxy) is 2. The van der Waals surface area contributed by atoms with Crippen molar-refractivity contribution in [1.82, 2.24) is 0 Å². The Bertz CT molecular complexity index is 522. The van der Waals surface area contributed by atoms with Gasteiger partial charge in [-0.3, -0.25) is 4.79 Å². The van der Waals surface area contributed by atoms with Gasteiger partial charge in [0.05, 0.1) is 19.6 Å². The van der Waals surface area contributed by atoms with Crippen LogP contribution in [0.15, 0.2) is 12.1 Å². The Kier molecular flexibility index (Phi) is 4.73. The highest BCUT2D eigenvalue weighted by Crippen LogP contribution is 2.39. The molecular weight excluding hydrogens is 268 g/mol. The molecule has 1 aliphatic carbocycles. The van der Waals surface area contributed by atoms with E-state index in [4.69, 9.17) is 15.2 Å². The van der Waals surface area contributed by atoms with E-state index >= 15 is 0 Å². The molecule has 1 amide bonds. The average molecular weight is 292 g/mol. The molecule has 3 N–H and O–H groups in total. The number of hydrogen-bond donors (Lipinski definition) is 2. The molecule has 1 aromatic rings. The molecule has 116 valence electrons. The topological polar surface area (TPSA) is 73.6 Å². The van der Waals surface area contributed by atoms with Crippen LogP contribution in [0.5, 0.6) is 11.5 Å². The van der Waals surface area contributed by atoms with E-state index < -0.39 is 5.41 Å². The first-order valence-electron chi connectivity index (χ1n) is 7.30. The standard InChI is InChI=1S/C16H24N2O3/c1-11-8-13(20-2)14(21-3)9-12(11)18-15(19)16(10-17)6-4-5-7-16/h8-9H,4-7,10,17H2,1-3H3,(H,18,19). The SMILES string of the molecule is COc1cc(C)c(NC(=O)C2(CN)CCCC2)cc1OC. The molecule has 1 aliphatic rings. The van der Waals surface area contributed by atoms with E-state index in [1.54, 1.807) is 20.3 Å². The van der Waals surface area contributed by atoms with Crippen molar-refractivity contribution < 1.29 is 14.3 Å². The molecule has 0 radical (unpaired) electrons. The molecule has 0 aromatic heterocycles. The Morgan fingerprint density at radius 1 is 1.24 bits per heavy atom. The van der Waals surface area contributed by atoms with Crippen molar-refractivity contribution in [3.8, 4) is 11.5 Å². The normalized spacial score (nSPS) is 16.6. The fourth-order valence-corrected chi connectivity index (χ4v) is 2.95. The highest BCUT2D eigenvalue weighted by molar-refractivity contribution is 5.96. The molecule has 0 bridgehead atoms.